The van der Waals surface area contributed by atoms with E-state index in [9.17, 15) is 4.79 Å². The quantitative estimate of drug-likeness (QED) is 0.807. The topological polar surface area (TPSA) is 58.8 Å². The number of amides is 1. The van der Waals surface area contributed by atoms with Crippen LogP contribution in [0.1, 0.15) is 46.0 Å². The minimum atomic E-state index is -0.0216. The molecule has 1 aliphatic heterocycles. The Kier molecular flexibility index (Phi) is 5.86. The fraction of sp³-hybridized carbons (Fsp3) is 0.941. The van der Waals surface area contributed by atoms with Crippen LogP contribution in [0.3, 0.4) is 0 Å². The lowest BCUT2D eigenvalue weighted by molar-refractivity contribution is -0.135. The third-order valence-electron chi connectivity index (χ3n) is 5.34. The lowest BCUT2D eigenvalue weighted by Crippen LogP contribution is -2.54. The first-order valence-electron chi connectivity index (χ1n) is 8.65. The number of carbonyl (C=O) groups is 1. The van der Waals surface area contributed by atoms with Gasteiger partial charge in [-0.25, -0.2) is 0 Å². The minimum absolute atomic E-state index is 0.0216. The largest absolute Gasteiger partial charge is 0.379 e. The minimum Gasteiger partial charge on any atom is -0.379 e. The molecule has 2 N–H and O–H groups in total. The van der Waals surface area contributed by atoms with E-state index in [4.69, 9.17) is 10.5 Å². The summed E-state index contributed by atoms with van der Waals surface area (Å²) in [4.78, 5) is 17.2. The van der Waals surface area contributed by atoms with Crippen molar-refractivity contribution in [2.45, 2.75) is 51.5 Å². The molecule has 1 amide bonds. The first kappa shape index (κ1) is 17.7. The van der Waals surface area contributed by atoms with E-state index < -0.39 is 0 Å². The van der Waals surface area contributed by atoms with Crippen molar-refractivity contribution in [3.05, 3.63) is 0 Å². The maximum Gasteiger partial charge on any atom is 0.224 e. The maximum atomic E-state index is 12.8. The zero-order chi connectivity index (χ0) is 16.2. The van der Waals surface area contributed by atoms with Crippen LogP contribution in [0.5, 0.6) is 0 Å². The van der Waals surface area contributed by atoms with Crippen LogP contribution in [0.4, 0.5) is 0 Å². The number of hydrogen-bond donors (Lipinski definition) is 1. The summed E-state index contributed by atoms with van der Waals surface area (Å²) >= 11 is 0. The Balaban J connectivity index is 1.99. The number of rotatable bonds is 6. The first-order chi connectivity index (χ1) is 10.4. The number of nitrogens with zero attached hydrogens (tertiary/aromatic N) is 2. The Morgan fingerprint density at radius 1 is 1.27 bits per heavy atom. The van der Waals surface area contributed by atoms with Crippen molar-refractivity contribution in [3.63, 3.8) is 0 Å². The van der Waals surface area contributed by atoms with Crippen molar-refractivity contribution in [1.29, 1.82) is 0 Å². The van der Waals surface area contributed by atoms with E-state index in [-0.39, 0.29) is 16.9 Å². The highest BCUT2D eigenvalue weighted by atomic mass is 16.5. The molecule has 1 heterocycles. The molecule has 5 nitrogen and oxygen atoms in total. The maximum absolute atomic E-state index is 12.8. The zero-order valence-corrected chi connectivity index (χ0v) is 14.6. The number of carbonyl (C=O) groups excluding carboxylic acids is 1. The Hall–Kier alpha value is -0.650. The number of hydrogen-bond acceptors (Lipinski definition) is 4. The van der Waals surface area contributed by atoms with Crippen molar-refractivity contribution in [2.24, 2.45) is 11.1 Å². The number of nitrogens with two attached hydrogens (primary N) is 1. The van der Waals surface area contributed by atoms with Crippen LogP contribution in [-0.2, 0) is 9.53 Å². The summed E-state index contributed by atoms with van der Waals surface area (Å²) in [6, 6.07) is 0. The average Bonchev–Trinajstić information content (AvgIpc) is 2.97. The highest BCUT2D eigenvalue weighted by molar-refractivity contribution is 5.77. The number of morpholine rings is 1. The summed E-state index contributed by atoms with van der Waals surface area (Å²) in [6.07, 6.45) is 5.41. The number of ether oxygens (including phenoxy) is 1. The van der Waals surface area contributed by atoms with Gasteiger partial charge in [-0.05, 0) is 24.8 Å². The molecule has 2 fully saturated rings. The van der Waals surface area contributed by atoms with Gasteiger partial charge in [-0.3, -0.25) is 9.69 Å². The van der Waals surface area contributed by atoms with Crippen LogP contribution < -0.4 is 5.73 Å². The smallest absolute Gasteiger partial charge is 0.224 e. The standard InChI is InChI=1S/C17H33N3O2/c1-16(2,13-18)14-19(3)15(21)12-17(6-4-5-7-17)20-8-10-22-11-9-20/h4-14,18H2,1-3H3. The van der Waals surface area contributed by atoms with Crippen molar-refractivity contribution < 1.29 is 9.53 Å². The van der Waals surface area contributed by atoms with E-state index in [0.717, 1.165) is 45.7 Å². The molecule has 1 aliphatic carbocycles. The summed E-state index contributed by atoms with van der Waals surface area (Å²) in [6.45, 7) is 9.07. The molecule has 128 valence electrons. The van der Waals surface area contributed by atoms with Crippen molar-refractivity contribution in [2.75, 3.05) is 46.4 Å². The molecule has 0 aromatic rings. The summed E-state index contributed by atoms with van der Waals surface area (Å²) in [5.41, 5.74) is 5.85. The van der Waals surface area contributed by atoms with Crippen molar-refractivity contribution >= 4 is 5.91 Å². The normalized spacial score (nSPS) is 22.7. The Morgan fingerprint density at radius 2 is 1.86 bits per heavy atom. The van der Waals surface area contributed by atoms with E-state index in [1.54, 1.807) is 0 Å². The second-order valence-corrected chi connectivity index (χ2v) is 7.83. The van der Waals surface area contributed by atoms with E-state index in [0.29, 0.717) is 13.0 Å². The van der Waals surface area contributed by atoms with Crippen molar-refractivity contribution in [1.82, 2.24) is 9.80 Å². The summed E-state index contributed by atoms with van der Waals surface area (Å²) < 4.78 is 5.49. The summed E-state index contributed by atoms with van der Waals surface area (Å²) in [7, 11) is 1.92. The van der Waals surface area contributed by atoms with Gasteiger partial charge in [0.2, 0.25) is 5.91 Å². The fourth-order valence-corrected chi connectivity index (χ4v) is 3.89. The SMILES string of the molecule is CN(CC(C)(C)CN)C(=O)CC1(N2CCOCC2)CCCC1. The predicted molar refractivity (Wildman–Crippen MR) is 88.7 cm³/mol. The van der Waals surface area contributed by atoms with Gasteiger partial charge in [0.05, 0.1) is 13.2 Å². The highest BCUT2D eigenvalue weighted by Crippen LogP contribution is 2.39. The molecule has 0 atom stereocenters. The Labute approximate surface area is 135 Å². The van der Waals surface area contributed by atoms with Gasteiger partial charge in [0, 0.05) is 38.6 Å². The third kappa shape index (κ3) is 4.21. The lowest BCUT2D eigenvalue weighted by Gasteiger charge is -2.44. The van der Waals surface area contributed by atoms with Gasteiger partial charge >= 0.3 is 0 Å². The molecule has 0 bridgehead atoms. The molecule has 1 saturated heterocycles. The van der Waals surface area contributed by atoms with Gasteiger partial charge in [-0.15, -0.1) is 0 Å². The van der Waals surface area contributed by atoms with Gasteiger partial charge in [0.25, 0.3) is 0 Å². The molecular weight excluding hydrogens is 278 g/mol. The lowest BCUT2D eigenvalue weighted by atomic mass is 9.88. The van der Waals surface area contributed by atoms with Crippen LogP contribution in [0.25, 0.3) is 0 Å². The molecule has 0 aromatic carbocycles. The fourth-order valence-electron chi connectivity index (χ4n) is 3.89. The molecule has 0 unspecified atom stereocenters. The van der Waals surface area contributed by atoms with E-state index in [2.05, 4.69) is 18.7 Å². The summed E-state index contributed by atoms with van der Waals surface area (Å²) in [5, 5.41) is 0. The highest BCUT2D eigenvalue weighted by Gasteiger charge is 2.42. The molecular formula is C17H33N3O2. The third-order valence-corrected chi connectivity index (χ3v) is 5.34. The van der Waals surface area contributed by atoms with E-state index in [1.807, 2.05) is 11.9 Å². The van der Waals surface area contributed by atoms with Crippen LogP contribution in [0, 0.1) is 5.41 Å². The summed E-state index contributed by atoms with van der Waals surface area (Å²) in [5.74, 6) is 0.259. The molecule has 2 rings (SSSR count). The van der Waals surface area contributed by atoms with Gasteiger partial charge in [-0.1, -0.05) is 26.7 Å². The second-order valence-electron chi connectivity index (χ2n) is 7.83. The molecule has 5 heteroatoms. The second kappa shape index (κ2) is 7.28. The van der Waals surface area contributed by atoms with Crippen LogP contribution in [0.2, 0.25) is 0 Å². The van der Waals surface area contributed by atoms with E-state index >= 15 is 0 Å². The molecule has 0 radical (unpaired) electrons. The van der Waals surface area contributed by atoms with Crippen LogP contribution >= 0.6 is 0 Å². The van der Waals surface area contributed by atoms with Crippen molar-refractivity contribution in [3.8, 4) is 0 Å². The van der Waals surface area contributed by atoms with Gasteiger partial charge in [-0.2, -0.15) is 0 Å². The predicted octanol–water partition coefficient (Wildman–Crippen LogP) is 1.46. The van der Waals surface area contributed by atoms with Crippen LogP contribution in [0.15, 0.2) is 0 Å². The van der Waals surface area contributed by atoms with Crippen LogP contribution in [-0.4, -0.2) is 67.7 Å². The molecule has 0 spiro atoms. The average molecular weight is 311 g/mol. The van der Waals surface area contributed by atoms with Gasteiger partial charge in [0.1, 0.15) is 0 Å². The zero-order valence-electron chi connectivity index (χ0n) is 14.6. The van der Waals surface area contributed by atoms with E-state index in [1.165, 1.54) is 12.8 Å². The first-order valence-corrected chi connectivity index (χ1v) is 8.65. The Morgan fingerprint density at radius 3 is 2.41 bits per heavy atom. The van der Waals surface area contributed by atoms with Gasteiger partial charge < -0.3 is 15.4 Å². The molecule has 2 aliphatic rings. The monoisotopic (exact) mass is 311 g/mol. The molecule has 22 heavy (non-hydrogen) atoms. The Bertz CT molecular complexity index is 372. The van der Waals surface area contributed by atoms with Gasteiger partial charge in [0.15, 0.2) is 0 Å². The molecule has 0 aromatic heterocycles. The molecule has 1 saturated carbocycles.